The summed E-state index contributed by atoms with van der Waals surface area (Å²) in [4.78, 5) is 42.8. The number of para-hydroxylation sites is 1. The van der Waals surface area contributed by atoms with Gasteiger partial charge in [-0.05, 0) is 50.6 Å². The molecule has 8 nitrogen and oxygen atoms in total. The molecule has 3 aromatic rings. The van der Waals surface area contributed by atoms with E-state index in [1.165, 1.54) is 28.0 Å². The number of fused-ring (bicyclic) bond motifs is 1. The molecule has 1 aromatic heterocycles. The lowest BCUT2D eigenvalue weighted by Crippen LogP contribution is -2.40. The Morgan fingerprint density at radius 3 is 2.49 bits per heavy atom. The first kappa shape index (κ1) is 24.2. The summed E-state index contributed by atoms with van der Waals surface area (Å²) >= 11 is 1.20. The van der Waals surface area contributed by atoms with Crippen molar-refractivity contribution in [1.29, 1.82) is 0 Å². The highest BCUT2D eigenvalue weighted by molar-refractivity contribution is 7.07. The predicted octanol–water partition coefficient (Wildman–Crippen LogP) is 2.90. The summed E-state index contributed by atoms with van der Waals surface area (Å²) in [5, 5.41) is 9.12. The molecule has 1 atom stereocenters. The number of allylic oxidation sites excluding steroid dienone is 1. The van der Waals surface area contributed by atoms with Gasteiger partial charge in [0.15, 0.2) is 4.80 Å². The van der Waals surface area contributed by atoms with Crippen molar-refractivity contribution in [2.24, 2.45) is 4.99 Å². The number of thiazole rings is 1. The number of carbonyl (C=O) groups is 2. The number of aromatic nitrogens is 1. The zero-order valence-corrected chi connectivity index (χ0v) is 20.3. The first-order valence-corrected chi connectivity index (χ1v) is 11.9. The van der Waals surface area contributed by atoms with Crippen molar-refractivity contribution in [1.82, 2.24) is 4.57 Å². The molecule has 4 rings (SSSR count). The highest BCUT2D eigenvalue weighted by atomic mass is 32.1. The third kappa shape index (κ3) is 4.67. The smallest absolute Gasteiger partial charge is 0.338 e. The van der Waals surface area contributed by atoms with Crippen LogP contribution < -0.4 is 19.6 Å². The van der Waals surface area contributed by atoms with Crippen LogP contribution in [0.1, 0.15) is 48.3 Å². The standard InChI is InChI=1S/C26H24N2O6S/c1-4-33-19-9-7-6-8-18(19)22-21(25(32)34-5-2)15(3)27-26-28(22)23(29)20(35-26)14-16-10-12-17(13-11-16)24(30)31/h6-14,22H,4-5H2,1-3H3,(H,30,31)/b20-14-/t22-/m0/s1. The fraction of sp³-hybridized carbons (Fsp3) is 0.231. The molecule has 9 heteroatoms. The number of carbonyl (C=O) groups excluding carboxylic acids is 1. The minimum atomic E-state index is -1.02. The molecule has 1 aliphatic heterocycles. The summed E-state index contributed by atoms with van der Waals surface area (Å²) in [5.41, 5.74) is 1.92. The van der Waals surface area contributed by atoms with E-state index in [2.05, 4.69) is 4.99 Å². The zero-order valence-electron chi connectivity index (χ0n) is 19.5. The van der Waals surface area contributed by atoms with Gasteiger partial charge in [0, 0.05) is 5.56 Å². The second kappa shape index (κ2) is 10.1. The number of benzene rings is 2. The highest BCUT2D eigenvalue weighted by Crippen LogP contribution is 2.35. The lowest BCUT2D eigenvalue weighted by molar-refractivity contribution is -0.139. The van der Waals surface area contributed by atoms with Crippen molar-refractivity contribution in [2.45, 2.75) is 26.8 Å². The molecule has 0 saturated carbocycles. The van der Waals surface area contributed by atoms with Gasteiger partial charge in [-0.25, -0.2) is 14.6 Å². The second-order valence-corrected chi connectivity index (χ2v) is 8.71. The topological polar surface area (TPSA) is 107 Å². The summed E-state index contributed by atoms with van der Waals surface area (Å²) in [6.45, 7) is 5.92. The quantitative estimate of drug-likeness (QED) is 0.509. The Morgan fingerprint density at radius 2 is 1.83 bits per heavy atom. The fourth-order valence-electron chi connectivity index (χ4n) is 3.95. The van der Waals surface area contributed by atoms with Crippen molar-refractivity contribution in [3.05, 3.63) is 96.2 Å². The Balaban J connectivity index is 1.94. The van der Waals surface area contributed by atoms with Gasteiger partial charge in [-0.15, -0.1) is 0 Å². The van der Waals surface area contributed by atoms with Gasteiger partial charge in [0.1, 0.15) is 11.8 Å². The SMILES string of the molecule is CCOC(=O)C1=C(C)N=c2s/c(=C\c3ccc(C(=O)O)cc3)c(=O)n2[C@H]1c1ccccc1OCC. The van der Waals surface area contributed by atoms with Gasteiger partial charge in [0.25, 0.3) is 5.56 Å². The van der Waals surface area contributed by atoms with E-state index in [4.69, 9.17) is 14.6 Å². The first-order valence-electron chi connectivity index (χ1n) is 11.1. The average Bonchev–Trinajstić information content (AvgIpc) is 3.13. The van der Waals surface area contributed by atoms with Gasteiger partial charge in [0.05, 0.1) is 34.6 Å². The fourth-order valence-corrected chi connectivity index (χ4v) is 5.00. The number of aromatic carboxylic acids is 1. The van der Waals surface area contributed by atoms with Gasteiger partial charge in [-0.1, -0.05) is 41.7 Å². The molecule has 0 saturated heterocycles. The summed E-state index contributed by atoms with van der Waals surface area (Å²) in [6, 6.07) is 12.8. The zero-order chi connectivity index (χ0) is 25.1. The van der Waals surface area contributed by atoms with E-state index in [1.807, 2.05) is 25.1 Å². The number of carboxylic acid groups (broad SMARTS) is 1. The number of rotatable bonds is 7. The maximum absolute atomic E-state index is 13.7. The lowest BCUT2D eigenvalue weighted by atomic mass is 9.95. The van der Waals surface area contributed by atoms with E-state index in [-0.39, 0.29) is 23.3 Å². The highest BCUT2D eigenvalue weighted by Gasteiger charge is 2.35. The van der Waals surface area contributed by atoms with Gasteiger partial charge in [-0.3, -0.25) is 9.36 Å². The maximum Gasteiger partial charge on any atom is 0.338 e. The van der Waals surface area contributed by atoms with Gasteiger partial charge >= 0.3 is 11.9 Å². The molecule has 0 spiro atoms. The molecular formula is C26H24N2O6S. The van der Waals surface area contributed by atoms with Gasteiger partial charge < -0.3 is 14.6 Å². The number of hydrogen-bond acceptors (Lipinski definition) is 7. The third-order valence-corrected chi connectivity index (χ3v) is 6.47. The van der Waals surface area contributed by atoms with E-state index < -0.39 is 18.0 Å². The van der Waals surface area contributed by atoms with Crippen LogP contribution in [0.2, 0.25) is 0 Å². The van der Waals surface area contributed by atoms with Crippen LogP contribution in [-0.4, -0.2) is 34.8 Å². The Hall–Kier alpha value is -3.98. The number of carboxylic acids is 1. The van der Waals surface area contributed by atoms with Gasteiger partial charge in [-0.2, -0.15) is 0 Å². The summed E-state index contributed by atoms with van der Waals surface area (Å²) in [7, 11) is 0. The minimum Gasteiger partial charge on any atom is -0.494 e. The average molecular weight is 493 g/mol. The van der Waals surface area contributed by atoms with E-state index in [0.717, 1.165) is 0 Å². The van der Waals surface area contributed by atoms with E-state index in [1.54, 1.807) is 38.1 Å². The summed E-state index contributed by atoms with van der Waals surface area (Å²) < 4.78 is 13.1. The number of ether oxygens (including phenoxy) is 2. The Kier molecular flexibility index (Phi) is 6.97. The van der Waals surface area contributed by atoms with E-state index >= 15 is 0 Å². The summed E-state index contributed by atoms with van der Waals surface area (Å²) in [6.07, 6.45) is 1.68. The maximum atomic E-state index is 13.7. The van der Waals surface area contributed by atoms with Gasteiger partial charge in [0.2, 0.25) is 0 Å². The number of hydrogen-bond donors (Lipinski definition) is 1. The van der Waals surface area contributed by atoms with Crippen molar-refractivity contribution in [2.75, 3.05) is 13.2 Å². The molecular weight excluding hydrogens is 468 g/mol. The molecule has 0 aliphatic carbocycles. The Bertz CT molecular complexity index is 1500. The predicted molar refractivity (Wildman–Crippen MR) is 131 cm³/mol. The number of esters is 1. The Labute approximate surface area is 205 Å². The molecule has 0 fully saturated rings. The lowest BCUT2D eigenvalue weighted by Gasteiger charge is -2.26. The molecule has 0 amide bonds. The van der Waals surface area contributed by atoms with Crippen LogP contribution in [-0.2, 0) is 9.53 Å². The molecule has 35 heavy (non-hydrogen) atoms. The van der Waals surface area contributed by atoms with Crippen LogP contribution in [0.25, 0.3) is 6.08 Å². The molecule has 2 heterocycles. The van der Waals surface area contributed by atoms with Crippen molar-refractivity contribution in [3.63, 3.8) is 0 Å². The van der Waals surface area contributed by atoms with Crippen LogP contribution in [0.5, 0.6) is 5.75 Å². The van der Waals surface area contributed by atoms with E-state index in [9.17, 15) is 14.4 Å². The second-order valence-electron chi connectivity index (χ2n) is 7.70. The molecule has 1 aliphatic rings. The molecule has 2 aromatic carbocycles. The van der Waals surface area contributed by atoms with E-state index in [0.29, 0.717) is 38.5 Å². The van der Waals surface area contributed by atoms with Crippen LogP contribution in [0.4, 0.5) is 0 Å². The van der Waals surface area contributed by atoms with Crippen LogP contribution >= 0.6 is 11.3 Å². The molecule has 0 bridgehead atoms. The largest absolute Gasteiger partial charge is 0.494 e. The van der Waals surface area contributed by atoms with Crippen molar-refractivity contribution >= 4 is 29.4 Å². The Morgan fingerprint density at radius 1 is 1.11 bits per heavy atom. The van der Waals surface area contributed by atoms with Crippen LogP contribution in [0.3, 0.4) is 0 Å². The number of nitrogens with zero attached hydrogens (tertiary/aromatic N) is 2. The molecule has 0 unspecified atom stereocenters. The molecule has 180 valence electrons. The minimum absolute atomic E-state index is 0.158. The van der Waals surface area contributed by atoms with Crippen molar-refractivity contribution < 1.29 is 24.2 Å². The normalized spacial score (nSPS) is 15.4. The summed E-state index contributed by atoms with van der Waals surface area (Å²) in [5.74, 6) is -0.996. The third-order valence-electron chi connectivity index (χ3n) is 5.49. The van der Waals surface area contributed by atoms with Crippen LogP contribution in [0, 0.1) is 0 Å². The van der Waals surface area contributed by atoms with Crippen molar-refractivity contribution in [3.8, 4) is 5.75 Å². The molecule has 0 radical (unpaired) electrons. The first-order chi connectivity index (χ1) is 16.8. The van der Waals surface area contributed by atoms with Crippen LogP contribution in [0.15, 0.2) is 69.6 Å². The molecule has 1 N–H and O–H groups in total. The monoisotopic (exact) mass is 492 g/mol.